The number of hydrogen-bond acceptors (Lipinski definition) is 5. The minimum absolute atomic E-state index is 0.113. The average molecular weight is 262 g/mol. The molecule has 0 saturated carbocycles. The molecule has 1 aromatic carbocycles. The molecule has 1 unspecified atom stereocenters. The standard InChI is InChI=1S/C13H18N4O2/c1-4-14-12(13-15-8-16-17-13)10-7-9(18-2)5-6-11(10)19-3/h5-8,12,14H,4H2,1-3H3,(H,15,16,17). The van der Waals surface area contributed by atoms with E-state index >= 15 is 0 Å². The largest absolute Gasteiger partial charge is 0.497 e. The van der Waals surface area contributed by atoms with Gasteiger partial charge in [0.15, 0.2) is 0 Å². The molecule has 0 saturated heterocycles. The summed E-state index contributed by atoms with van der Waals surface area (Å²) in [7, 11) is 3.29. The van der Waals surface area contributed by atoms with E-state index in [0.717, 1.165) is 29.4 Å². The number of nitrogens with one attached hydrogen (secondary N) is 2. The van der Waals surface area contributed by atoms with Gasteiger partial charge >= 0.3 is 0 Å². The number of aromatic amines is 1. The zero-order valence-electron chi connectivity index (χ0n) is 11.3. The van der Waals surface area contributed by atoms with E-state index in [2.05, 4.69) is 20.5 Å². The van der Waals surface area contributed by atoms with Crippen molar-refractivity contribution in [2.24, 2.45) is 0 Å². The lowest BCUT2D eigenvalue weighted by Gasteiger charge is -2.19. The van der Waals surface area contributed by atoms with Crippen molar-refractivity contribution in [2.75, 3.05) is 20.8 Å². The first-order chi connectivity index (χ1) is 9.30. The maximum absolute atomic E-state index is 5.41. The van der Waals surface area contributed by atoms with Gasteiger partial charge in [-0.2, -0.15) is 5.10 Å². The predicted octanol–water partition coefficient (Wildman–Crippen LogP) is 1.52. The summed E-state index contributed by atoms with van der Waals surface area (Å²) in [6.45, 7) is 2.84. The second-order valence-corrected chi connectivity index (χ2v) is 3.97. The third kappa shape index (κ3) is 2.85. The third-order valence-corrected chi connectivity index (χ3v) is 2.86. The van der Waals surface area contributed by atoms with Crippen molar-refractivity contribution in [1.29, 1.82) is 0 Å². The summed E-state index contributed by atoms with van der Waals surface area (Å²) in [5, 5.41) is 10.1. The van der Waals surface area contributed by atoms with Crippen molar-refractivity contribution in [1.82, 2.24) is 20.5 Å². The first-order valence-electron chi connectivity index (χ1n) is 6.10. The molecule has 0 fully saturated rings. The lowest BCUT2D eigenvalue weighted by molar-refractivity contribution is 0.393. The Bertz CT molecular complexity index is 513. The van der Waals surface area contributed by atoms with Gasteiger partial charge in [0.2, 0.25) is 0 Å². The van der Waals surface area contributed by atoms with Crippen LogP contribution in [0.2, 0.25) is 0 Å². The fraction of sp³-hybridized carbons (Fsp3) is 0.385. The molecule has 0 radical (unpaired) electrons. The number of H-pyrrole nitrogens is 1. The van der Waals surface area contributed by atoms with E-state index in [0.29, 0.717) is 0 Å². The Labute approximate surface area is 112 Å². The highest BCUT2D eigenvalue weighted by molar-refractivity contribution is 5.44. The molecule has 6 heteroatoms. The number of ether oxygens (including phenoxy) is 2. The minimum atomic E-state index is -0.113. The molecule has 1 heterocycles. The third-order valence-electron chi connectivity index (χ3n) is 2.86. The van der Waals surface area contributed by atoms with Crippen molar-refractivity contribution in [2.45, 2.75) is 13.0 Å². The van der Waals surface area contributed by atoms with Gasteiger partial charge in [-0.3, -0.25) is 5.10 Å². The molecule has 2 aromatic rings. The molecule has 0 aliphatic carbocycles. The Hall–Kier alpha value is -2.08. The Morgan fingerprint density at radius 1 is 1.32 bits per heavy atom. The summed E-state index contributed by atoms with van der Waals surface area (Å²) >= 11 is 0. The molecule has 1 aromatic heterocycles. The van der Waals surface area contributed by atoms with Gasteiger partial charge in [-0.25, -0.2) is 4.98 Å². The van der Waals surface area contributed by atoms with Crippen LogP contribution in [0.5, 0.6) is 11.5 Å². The van der Waals surface area contributed by atoms with E-state index in [4.69, 9.17) is 9.47 Å². The highest BCUT2D eigenvalue weighted by atomic mass is 16.5. The number of rotatable bonds is 6. The van der Waals surface area contributed by atoms with Crippen LogP contribution < -0.4 is 14.8 Å². The Balaban J connectivity index is 2.45. The van der Waals surface area contributed by atoms with Crippen LogP contribution in [0.4, 0.5) is 0 Å². The molecule has 2 N–H and O–H groups in total. The maximum atomic E-state index is 5.41. The molecule has 0 aliphatic heterocycles. The molecule has 6 nitrogen and oxygen atoms in total. The Morgan fingerprint density at radius 2 is 2.16 bits per heavy atom. The number of methoxy groups -OCH3 is 2. The minimum Gasteiger partial charge on any atom is -0.497 e. The number of nitrogens with zero attached hydrogens (tertiary/aromatic N) is 2. The molecule has 2 rings (SSSR count). The van der Waals surface area contributed by atoms with Crippen LogP contribution in [0, 0.1) is 0 Å². The van der Waals surface area contributed by atoms with Crippen LogP contribution in [0.25, 0.3) is 0 Å². The van der Waals surface area contributed by atoms with E-state index in [1.54, 1.807) is 14.2 Å². The van der Waals surface area contributed by atoms with Gasteiger partial charge < -0.3 is 14.8 Å². The molecule has 0 aliphatic rings. The predicted molar refractivity (Wildman–Crippen MR) is 71.4 cm³/mol. The van der Waals surface area contributed by atoms with Crippen molar-refractivity contribution < 1.29 is 9.47 Å². The van der Waals surface area contributed by atoms with Crippen LogP contribution in [0.1, 0.15) is 24.4 Å². The van der Waals surface area contributed by atoms with Gasteiger partial charge in [0.05, 0.1) is 20.3 Å². The van der Waals surface area contributed by atoms with Crippen LogP contribution in [-0.4, -0.2) is 35.9 Å². The van der Waals surface area contributed by atoms with E-state index in [1.807, 2.05) is 25.1 Å². The Morgan fingerprint density at radius 3 is 2.74 bits per heavy atom. The summed E-state index contributed by atoms with van der Waals surface area (Å²) < 4.78 is 10.7. The molecule has 1 atom stereocenters. The van der Waals surface area contributed by atoms with Gasteiger partial charge in [-0.1, -0.05) is 6.92 Å². The van der Waals surface area contributed by atoms with Gasteiger partial charge in [0, 0.05) is 5.56 Å². The van der Waals surface area contributed by atoms with Crippen molar-refractivity contribution in [3.8, 4) is 11.5 Å². The second kappa shape index (κ2) is 6.19. The highest BCUT2D eigenvalue weighted by Gasteiger charge is 2.20. The summed E-state index contributed by atoms with van der Waals surface area (Å²) in [5.74, 6) is 2.30. The molecule has 0 amide bonds. The maximum Gasteiger partial charge on any atom is 0.146 e. The van der Waals surface area contributed by atoms with Gasteiger partial charge in [0.1, 0.15) is 23.7 Å². The SMILES string of the molecule is CCNC(c1ncn[nH]1)c1cc(OC)ccc1OC. The topological polar surface area (TPSA) is 72.1 Å². The summed E-state index contributed by atoms with van der Waals surface area (Å²) in [6, 6.07) is 5.58. The average Bonchev–Trinajstić information content (AvgIpc) is 2.98. The highest BCUT2D eigenvalue weighted by Crippen LogP contribution is 2.31. The zero-order chi connectivity index (χ0) is 13.7. The van der Waals surface area contributed by atoms with Gasteiger partial charge in [0.25, 0.3) is 0 Å². The van der Waals surface area contributed by atoms with Gasteiger partial charge in [-0.15, -0.1) is 0 Å². The summed E-state index contributed by atoms with van der Waals surface area (Å²) in [4.78, 5) is 4.22. The molecule has 0 bridgehead atoms. The molecular weight excluding hydrogens is 244 g/mol. The number of aromatic nitrogens is 3. The van der Waals surface area contributed by atoms with Crippen molar-refractivity contribution in [3.05, 3.63) is 35.9 Å². The lowest BCUT2D eigenvalue weighted by atomic mass is 10.0. The number of hydrogen-bond donors (Lipinski definition) is 2. The normalized spacial score (nSPS) is 12.2. The van der Waals surface area contributed by atoms with E-state index in [-0.39, 0.29) is 6.04 Å². The van der Waals surface area contributed by atoms with Crippen molar-refractivity contribution >= 4 is 0 Å². The van der Waals surface area contributed by atoms with E-state index in [9.17, 15) is 0 Å². The molecule has 0 spiro atoms. The van der Waals surface area contributed by atoms with Crippen LogP contribution in [-0.2, 0) is 0 Å². The van der Waals surface area contributed by atoms with Crippen LogP contribution in [0.3, 0.4) is 0 Å². The van der Waals surface area contributed by atoms with Crippen LogP contribution >= 0.6 is 0 Å². The van der Waals surface area contributed by atoms with Crippen LogP contribution in [0.15, 0.2) is 24.5 Å². The molecular formula is C13H18N4O2. The first-order valence-corrected chi connectivity index (χ1v) is 6.10. The summed E-state index contributed by atoms with van der Waals surface area (Å²) in [5.41, 5.74) is 0.959. The fourth-order valence-electron chi connectivity index (χ4n) is 1.98. The smallest absolute Gasteiger partial charge is 0.146 e. The monoisotopic (exact) mass is 262 g/mol. The molecule has 102 valence electrons. The fourth-order valence-corrected chi connectivity index (χ4v) is 1.98. The molecule has 19 heavy (non-hydrogen) atoms. The quantitative estimate of drug-likeness (QED) is 0.826. The first kappa shape index (κ1) is 13.4. The lowest BCUT2D eigenvalue weighted by Crippen LogP contribution is -2.23. The van der Waals surface area contributed by atoms with Crippen molar-refractivity contribution in [3.63, 3.8) is 0 Å². The summed E-state index contributed by atoms with van der Waals surface area (Å²) in [6.07, 6.45) is 1.49. The number of benzene rings is 1. The second-order valence-electron chi connectivity index (χ2n) is 3.97. The zero-order valence-corrected chi connectivity index (χ0v) is 11.3. The van der Waals surface area contributed by atoms with Gasteiger partial charge in [-0.05, 0) is 24.7 Å². The van der Waals surface area contributed by atoms with E-state index < -0.39 is 0 Å². The van der Waals surface area contributed by atoms with E-state index in [1.165, 1.54) is 6.33 Å². The Kier molecular flexibility index (Phi) is 4.35.